The minimum absolute atomic E-state index is 0.233. The molecular formula is C12H18OS. The Morgan fingerprint density at radius 2 is 1.86 bits per heavy atom. The van der Waals surface area contributed by atoms with Gasteiger partial charge in [0.25, 0.3) is 0 Å². The summed E-state index contributed by atoms with van der Waals surface area (Å²) >= 11 is 1.74. The molecule has 1 aromatic rings. The SMILES string of the molecule is Cc1ccc(SC(C)CO)c(C)c1C. The summed E-state index contributed by atoms with van der Waals surface area (Å²) < 4.78 is 0. The highest BCUT2D eigenvalue weighted by atomic mass is 32.2. The van der Waals surface area contributed by atoms with Gasteiger partial charge in [-0.2, -0.15) is 0 Å². The summed E-state index contributed by atoms with van der Waals surface area (Å²) in [6.07, 6.45) is 0. The van der Waals surface area contributed by atoms with Gasteiger partial charge in [-0.15, -0.1) is 11.8 Å². The number of hydrogen-bond acceptors (Lipinski definition) is 2. The summed E-state index contributed by atoms with van der Waals surface area (Å²) in [5, 5.41) is 9.26. The van der Waals surface area contributed by atoms with Crippen molar-refractivity contribution in [2.75, 3.05) is 6.61 Å². The van der Waals surface area contributed by atoms with Crippen LogP contribution in [-0.4, -0.2) is 17.0 Å². The fraction of sp³-hybridized carbons (Fsp3) is 0.500. The van der Waals surface area contributed by atoms with E-state index in [0.717, 1.165) is 0 Å². The van der Waals surface area contributed by atoms with E-state index in [-0.39, 0.29) is 11.9 Å². The third-order valence-corrected chi connectivity index (χ3v) is 3.84. The topological polar surface area (TPSA) is 20.2 Å². The molecule has 0 fully saturated rings. The number of aryl methyl sites for hydroxylation is 1. The van der Waals surface area contributed by atoms with Crippen LogP contribution in [0.2, 0.25) is 0 Å². The molecule has 1 nitrogen and oxygen atoms in total. The summed E-state index contributed by atoms with van der Waals surface area (Å²) in [6, 6.07) is 4.29. The van der Waals surface area contributed by atoms with Crippen molar-refractivity contribution < 1.29 is 5.11 Å². The molecule has 1 unspecified atom stereocenters. The molecule has 1 rings (SSSR count). The molecule has 1 N–H and O–H groups in total. The summed E-state index contributed by atoms with van der Waals surface area (Å²) in [7, 11) is 0. The maximum atomic E-state index is 8.99. The quantitative estimate of drug-likeness (QED) is 0.774. The van der Waals surface area contributed by atoms with Crippen LogP contribution in [0, 0.1) is 20.8 Å². The third kappa shape index (κ3) is 2.52. The average molecular weight is 210 g/mol. The number of benzene rings is 1. The van der Waals surface area contributed by atoms with Gasteiger partial charge >= 0.3 is 0 Å². The maximum absolute atomic E-state index is 8.99. The Labute approximate surface area is 90.5 Å². The first-order valence-electron chi connectivity index (χ1n) is 4.90. The van der Waals surface area contributed by atoms with Crippen LogP contribution in [0.5, 0.6) is 0 Å². The smallest absolute Gasteiger partial charge is 0.0550 e. The monoisotopic (exact) mass is 210 g/mol. The zero-order valence-corrected chi connectivity index (χ0v) is 10.1. The van der Waals surface area contributed by atoms with Crippen LogP contribution in [0.1, 0.15) is 23.6 Å². The van der Waals surface area contributed by atoms with E-state index in [2.05, 4.69) is 32.9 Å². The standard InChI is InChI=1S/C12H18OS/c1-8-5-6-12(11(4)10(8)3)14-9(2)7-13/h5-6,9,13H,7H2,1-4H3. The predicted octanol–water partition coefficient (Wildman–Crippen LogP) is 3.08. The molecule has 2 heteroatoms. The molecule has 14 heavy (non-hydrogen) atoms. The van der Waals surface area contributed by atoms with E-state index in [9.17, 15) is 0 Å². The largest absolute Gasteiger partial charge is 0.395 e. The highest BCUT2D eigenvalue weighted by Crippen LogP contribution is 2.29. The van der Waals surface area contributed by atoms with Crippen molar-refractivity contribution in [1.29, 1.82) is 0 Å². The summed E-state index contributed by atoms with van der Waals surface area (Å²) in [4.78, 5) is 1.29. The van der Waals surface area contributed by atoms with E-state index in [0.29, 0.717) is 0 Å². The van der Waals surface area contributed by atoms with E-state index < -0.39 is 0 Å². The Kier molecular flexibility index (Phi) is 4.02. The fourth-order valence-corrected chi connectivity index (χ4v) is 2.30. The molecule has 0 saturated carbocycles. The molecule has 0 aromatic heterocycles. The Bertz CT molecular complexity index is 320. The van der Waals surface area contributed by atoms with Crippen LogP contribution in [0.4, 0.5) is 0 Å². The number of thioether (sulfide) groups is 1. The molecular weight excluding hydrogens is 192 g/mol. The van der Waals surface area contributed by atoms with Gasteiger partial charge < -0.3 is 5.11 Å². The van der Waals surface area contributed by atoms with Gasteiger partial charge in [0.1, 0.15) is 0 Å². The second kappa shape index (κ2) is 4.85. The molecule has 78 valence electrons. The van der Waals surface area contributed by atoms with Crippen LogP contribution >= 0.6 is 11.8 Å². The predicted molar refractivity (Wildman–Crippen MR) is 63.1 cm³/mol. The molecule has 1 atom stereocenters. The zero-order chi connectivity index (χ0) is 10.7. The third-order valence-electron chi connectivity index (χ3n) is 2.59. The van der Waals surface area contributed by atoms with Gasteiger partial charge in [0, 0.05) is 10.1 Å². The fourth-order valence-electron chi connectivity index (χ4n) is 1.31. The van der Waals surface area contributed by atoms with Gasteiger partial charge in [-0.3, -0.25) is 0 Å². The Balaban J connectivity index is 2.94. The lowest BCUT2D eigenvalue weighted by atomic mass is 10.1. The molecule has 0 aliphatic carbocycles. The minimum Gasteiger partial charge on any atom is -0.395 e. The van der Waals surface area contributed by atoms with E-state index in [1.54, 1.807) is 11.8 Å². The lowest BCUT2D eigenvalue weighted by Gasteiger charge is -2.13. The van der Waals surface area contributed by atoms with Gasteiger partial charge in [-0.05, 0) is 43.5 Å². The van der Waals surface area contributed by atoms with E-state index in [1.807, 2.05) is 6.92 Å². The minimum atomic E-state index is 0.233. The lowest BCUT2D eigenvalue weighted by molar-refractivity contribution is 0.300. The van der Waals surface area contributed by atoms with Crippen molar-refractivity contribution in [3.63, 3.8) is 0 Å². The second-order valence-electron chi connectivity index (χ2n) is 3.74. The van der Waals surface area contributed by atoms with Gasteiger partial charge in [-0.1, -0.05) is 13.0 Å². The normalized spacial score (nSPS) is 12.9. The first kappa shape index (κ1) is 11.6. The highest BCUT2D eigenvalue weighted by Gasteiger charge is 2.07. The van der Waals surface area contributed by atoms with Gasteiger partial charge in [-0.25, -0.2) is 0 Å². The van der Waals surface area contributed by atoms with Gasteiger partial charge in [0.05, 0.1) is 6.61 Å². The van der Waals surface area contributed by atoms with Gasteiger partial charge in [0.2, 0.25) is 0 Å². The van der Waals surface area contributed by atoms with Crippen molar-refractivity contribution in [3.05, 3.63) is 28.8 Å². The van der Waals surface area contributed by atoms with E-state index in [1.165, 1.54) is 21.6 Å². The van der Waals surface area contributed by atoms with Crippen LogP contribution in [-0.2, 0) is 0 Å². The second-order valence-corrected chi connectivity index (χ2v) is 5.22. The molecule has 0 aliphatic rings. The van der Waals surface area contributed by atoms with E-state index in [4.69, 9.17) is 5.11 Å². The summed E-state index contributed by atoms with van der Waals surface area (Å²) in [6.45, 7) is 8.70. The highest BCUT2D eigenvalue weighted by molar-refractivity contribution is 8.00. The van der Waals surface area contributed by atoms with Crippen molar-refractivity contribution in [2.24, 2.45) is 0 Å². The van der Waals surface area contributed by atoms with Crippen LogP contribution in [0.15, 0.2) is 17.0 Å². The van der Waals surface area contributed by atoms with E-state index >= 15 is 0 Å². The van der Waals surface area contributed by atoms with Crippen LogP contribution in [0.3, 0.4) is 0 Å². The molecule has 0 radical (unpaired) electrons. The van der Waals surface area contributed by atoms with Crippen molar-refractivity contribution in [1.82, 2.24) is 0 Å². The molecule has 0 bridgehead atoms. The Hall–Kier alpha value is -0.470. The van der Waals surface area contributed by atoms with Crippen LogP contribution < -0.4 is 0 Å². The number of hydrogen-bond donors (Lipinski definition) is 1. The average Bonchev–Trinajstić information content (AvgIpc) is 2.19. The summed E-state index contributed by atoms with van der Waals surface area (Å²) in [5.41, 5.74) is 4.04. The summed E-state index contributed by atoms with van der Waals surface area (Å²) in [5.74, 6) is 0. The zero-order valence-electron chi connectivity index (χ0n) is 9.29. The lowest BCUT2D eigenvalue weighted by Crippen LogP contribution is -2.02. The molecule has 0 saturated heterocycles. The number of aliphatic hydroxyl groups excluding tert-OH is 1. The van der Waals surface area contributed by atoms with Crippen molar-refractivity contribution in [2.45, 2.75) is 37.8 Å². The first-order valence-corrected chi connectivity index (χ1v) is 5.78. The molecule has 0 spiro atoms. The number of rotatable bonds is 3. The molecule has 0 heterocycles. The first-order chi connectivity index (χ1) is 6.56. The number of aliphatic hydroxyl groups is 1. The van der Waals surface area contributed by atoms with Gasteiger partial charge in [0.15, 0.2) is 0 Å². The van der Waals surface area contributed by atoms with Crippen molar-refractivity contribution in [3.8, 4) is 0 Å². The maximum Gasteiger partial charge on any atom is 0.0550 e. The molecule has 0 amide bonds. The molecule has 1 aromatic carbocycles. The molecule has 0 aliphatic heterocycles. The Morgan fingerprint density at radius 1 is 1.21 bits per heavy atom. The Morgan fingerprint density at radius 3 is 2.43 bits per heavy atom. The van der Waals surface area contributed by atoms with Crippen LogP contribution in [0.25, 0.3) is 0 Å². The van der Waals surface area contributed by atoms with Crippen molar-refractivity contribution >= 4 is 11.8 Å².